The maximum Gasteiger partial charge on any atom is 0.224 e. The van der Waals surface area contributed by atoms with E-state index in [2.05, 4.69) is 17.5 Å². The van der Waals surface area contributed by atoms with Crippen molar-refractivity contribution < 1.29 is 9.00 Å². The first-order chi connectivity index (χ1) is 9.54. The highest BCUT2D eigenvalue weighted by Gasteiger charge is 2.14. The second-order valence-corrected chi connectivity index (χ2v) is 6.88. The van der Waals surface area contributed by atoms with Crippen molar-refractivity contribution in [3.63, 3.8) is 0 Å². The smallest absolute Gasteiger partial charge is 0.224 e. The Morgan fingerprint density at radius 3 is 2.95 bits per heavy atom. The molecule has 0 saturated carbocycles. The molecule has 0 spiro atoms. The Bertz CT molecular complexity index is 557. The van der Waals surface area contributed by atoms with Crippen LogP contribution in [0.1, 0.15) is 24.8 Å². The summed E-state index contributed by atoms with van der Waals surface area (Å²) < 4.78 is 11.3. The predicted octanol–water partition coefficient (Wildman–Crippen LogP) is 3.51. The van der Waals surface area contributed by atoms with E-state index in [-0.39, 0.29) is 5.91 Å². The van der Waals surface area contributed by atoms with E-state index in [0.717, 1.165) is 18.4 Å². The van der Waals surface area contributed by atoms with Gasteiger partial charge in [-0.1, -0.05) is 23.8 Å². The summed E-state index contributed by atoms with van der Waals surface area (Å²) in [5, 5.41) is 3.46. The number of nitrogens with one attached hydrogen (secondary N) is 1. The van der Waals surface area contributed by atoms with Gasteiger partial charge in [-0.05, 0) is 42.5 Å². The molecule has 108 valence electrons. The Balaban J connectivity index is 1.99. The van der Waals surface area contributed by atoms with E-state index >= 15 is 0 Å². The summed E-state index contributed by atoms with van der Waals surface area (Å²) >= 11 is 6.06. The van der Waals surface area contributed by atoms with Crippen LogP contribution in [0.25, 0.3) is 0 Å². The van der Waals surface area contributed by atoms with Crippen molar-refractivity contribution in [2.45, 2.75) is 25.0 Å². The molecule has 0 saturated heterocycles. The summed E-state index contributed by atoms with van der Waals surface area (Å²) in [5.74, 6) is 0.755. The number of hydrogen-bond acceptors (Lipinski definition) is 2. The second-order valence-electron chi connectivity index (χ2n) is 5.04. The van der Waals surface area contributed by atoms with Gasteiger partial charge in [0.2, 0.25) is 5.91 Å². The number of carbonyl (C=O) groups excluding carboxylic acids is 1. The molecular weight excluding hydrogens is 294 g/mol. The molecule has 1 aromatic rings. The van der Waals surface area contributed by atoms with Crippen LogP contribution in [0.5, 0.6) is 0 Å². The number of anilines is 1. The lowest BCUT2D eigenvalue weighted by Crippen LogP contribution is -2.15. The van der Waals surface area contributed by atoms with Crippen molar-refractivity contribution in [2.75, 3.05) is 11.6 Å². The van der Waals surface area contributed by atoms with Gasteiger partial charge in [0.15, 0.2) is 0 Å². The van der Waals surface area contributed by atoms with E-state index in [0.29, 0.717) is 28.8 Å². The van der Waals surface area contributed by atoms with E-state index in [9.17, 15) is 9.00 Å². The van der Waals surface area contributed by atoms with Crippen molar-refractivity contribution in [2.24, 2.45) is 5.92 Å². The molecule has 0 aliphatic heterocycles. The summed E-state index contributed by atoms with van der Waals surface area (Å²) in [5.41, 5.74) is 1.51. The van der Waals surface area contributed by atoms with E-state index in [1.807, 2.05) is 0 Å². The Morgan fingerprint density at radius 1 is 1.50 bits per heavy atom. The minimum Gasteiger partial charge on any atom is -0.326 e. The second kappa shape index (κ2) is 7.04. The van der Waals surface area contributed by atoms with Gasteiger partial charge in [0.05, 0.1) is 0 Å². The first-order valence-electron chi connectivity index (χ1n) is 6.59. The fourth-order valence-corrected chi connectivity index (χ4v) is 3.24. The molecule has 0 heterocycles. The van der Waals surface area contributed by atoms with Gasteiger partial charge in [-0.15, -0.1) is 0 Å². The highest BCUT2D eigenvalue weighted by molar-refractivity contribution is 7.83. The van der Waals surface area contributed by atoms with Gasteiger partial charge in [0, 0.05) is 39.9 Å². The quantitative estimate of drug-likeness (QED) is 0.846. The molecule has 0 radical (unpaired) electrons. The SMILES string of the molecule is C[S@@](=O)Cc1cc(NC(=O)C[C@H]2C=CCC2)ccc1Cl. The molecule has 1 aliphatic rings. The molecule has 0 bridgehead atoms. The summed E-state index contributed by atoms with van der Waals surface area (Å²) in [4.78, 5) is 11.9. The van der Waals surface area contributed by atoms with Gasteiger partial charge >= 0.3 is 0 Å². The molecule has 1 aliphatic carbocycles. The monoisotopic (exact) mass is 311 g/mol. The number of allylic oxidation sites excluding steroid dienone is 2. The highest BCUT2D eigenvalue weighted by atomic mass is 35.5. The van der Waals surface area contributed by atoms with Gasteiger partial charge in [0.1, 0.15) is 0 Å². The van der Waals surface area contributed by atoms with Crippen LogP contribution in [0, 0.1) is 5.92 Å². The first-order valence-corrected chi connectivity index (χ1v) is 8.70. The molecule has 3 nitrogen and oxygen atoms in total. The number of hydrogen-bond donors (Lipinski definition) is 1. The van der Waals surface area contributed by atoms with Crippen LogP contribution < -0.4 is 5.32 Å². The normalized spacial score (nSPS) is 19.0. The first kappa shape index (κ1) is 15.3. The third kappa shape index (κ3) is 4.46. The topological polar surface area (TPSA) is 46.2 Å². The minimum absolute atomic E-state index is 0.00689. The number of amides is 1. The van der Waals surface area contributed by atoms with Gasteiger partial charge in [-0.2, -0.15) is 0 Å². The molecule has 5 heteroatoms. The Labute approximate surface area is 126 Å². The van der Waals surface area contributed by atoms with Crippen molar-refractivity contribution >= 4 is 34.0 Å². The predicted molar refractivity (Wildman–Crippen MR) is 84.3 cm³/mol. The van der Waals surface area contributed by atoms with Gasteiger partial charge in [0.25, 0.3) is 0 Å². The van der Waals surface area contributed by atoms with Crippen molar-refractivity contribution in [1.82, 2.24) is 0 Å². The van der Waals surface area contributed by atoms with Crippen molar-refractivity contribution in [3.05, 3.63) is 40.9 Å². The molecule has 0 fully saturated rings. The van der Waals surface area contributed by atoms with E-state index in [1.165, 1.54) is 0 Å². The average Bonchev–Trinajstić information content (AvgIpc) is 2.85. The molecule has 0 unspecified atom stereocenters. The Kier molecular flexibility index (Phi) is 5.38. The third-order valence-corrected chi connectivity index (χ3v) is 4.33. The number of halogens is 1. The van der Waals surface area contributed by atoms with Crippen LogP contribution in [0.2, 0.25) is 5.02 Å². The summed E-state index contributed by atoms with van der Waals surface area (Å²) in [6.07, 6.45) is 8.48. The Hall–Kier alpha value is -1.13. The lowest BCUT2D eigenvalue weighted by atomic mass is 10.0. The number of benzene rings is 1. The summed E-state index contributed by atoms with van der Waals surface area (Å²) in [7, 11) is -0.958. The standard InChI is InChI=1S/C15H18ClNO2S/c1-20(19)10-12-9-13(6-7-14(12)16)17-15(18)8-11-4-2-3-5-11/h2,4,6-7,9,11H,3,5,8,10H2,1H3,(H,17,18)/t11-,20+/m0/s1. The maximum atomic E-state index is 11.9. The number of carbonyl (C=O) groups is 1. The zero-order chi connectivity index (χ0) is 14.5. The van der Waals surface area contributed by atoms with E-state index in [4.69, 9.17) is 11.6 Å². The summed E-state index contributed by atoms with van der Waals surface area (Å²) in [6, 6.07) is 5.30. The third-order valence-electron chi connectivity index (χ3n) is 3.25. The molecule has 2 rings (SSSR count). The maximum absolute atomic E-state index is 11.9. The zero-order valence-electron chi connectivity index (χ0n) is 11.4. The van der Waals surface area contributed by atoms with Gasteiger partial charge < -0.3 is 5.32 Å². The average molecular weight is 312 g/mol. The highest BCUT2D eigenvalue weighted by Crippen LogP contribution is 2.24. The van der Waals surface area contributed by atoms with Crippen LogP contribution in [-0.2, 0) is 21.3 Å². The fourth-order valence-electron chi connectivity index (χ4n) is 2.30. The molecule has 1 amide bonds. The largest absolute Gasteiger partial charge is 0.326 e. The summed E-state index contributed by atoms with van der Waals surface area (Å²) in [6.45, 7) is 0. The lowest BCUT2D eigenvalue weighted by molar-refractivity contribution is -0.116. The lowest BCUT2D eigenvalue weighted by Gasteiger charge is -2.10. The van der Waals surface area contributed by atoms with Crippen LogP contribution >= 0.6 is 11.6 Å². The molecule has 1 N–H and O–H groups in total. The van der Waals surface area contributed by atoms with Gasteiger partial charge in [-0.25, -0.2) is 0 Å². The molecule has 0 aromatic heterocycles. The fraction of sp³-hybridized carbons (Fsp3) is 0.400. The zero-order valence-corrected chi connectivity index (χ0v) is 13.0. The minimum atomic E-state index is -0.958. The van der Waals surface area contributed by atoms with Crippen LogP contribution in [0.3, 0.4) is 0 Å². The number of rotatable bonds is 5. The van der Waals surface area contributed by atoms with Gasteiger partial charge in [-0.3, -0.25) is 9.00 Å². The van der Waals surface area contributed by atoms with Crippen LogP contribution in [0.4, 0.5) is 5.69 Å². The van der Waals surface area contributed by atoms with Crippen LogP contribution in [0.15, 0.2) is 30.4 Å². The van der Waals surface area contributed by atoms with Crippen LogP contribution in [-0.4, -0.2) is 16.4 Å². The van der Waals surface area contributed by atoms with Crippen molar-refractivity contribution in [3.8, 4) is 0 Å². The van der Waals surface area contributed by atoms with E-state index < -0.39 is 10.8 Å². The molecule has 2 atom stereocenters. The Morgan fingerprint density at radius 2 is 2.30 bits per heavy atom. The van der Waals surface area contributed by atoms with Crippen molar-refractivity contribution in [1.29, 1.82) is 0 Å². The molecule has 20 heavy (non-hydrogen) atoms. The molecule has 1 aromatic carbocycles. The van der Waals surface area contributed by atoms with E-state index in [1.54, 1.807) is 24.5 Å². The molecular formula is C15H18ClNO2S.